The van der Waals surface area contributed by atoms with Crippen LogP contribution in [0.5, 0.6) is 0 Å². The van der Waals surface area contributed by atoms with Gasteiger partial charge in [-0.15, -0.1) is 0 Å². The molecule has 0 aliphatic carbocycles. The largest absolute Gasteiger partial charge is 0.368 e. The van der Waals surface area contributed by atoms with Gasteiger partial charge in [-0.3, -0.25) is 19.5 Å². The van der Waals surface area contributed by atoms with Crippen molar-refractivity contribution in [1.29, 1.82) is 0 Å². The van der Waals surface area contributed by atoms with E-state index in [9.17, 15) is 22.4 Å². The SMILES string of the molecule is NC(=O)C1CC(C(=O)NC2CS(=O)(=O)CC2N2CCCC2)=NN1c1ccc(F)cc1. The van der Waals surface area contributed by atoms with Gasteiger partial charge in [-0.05, 0) is 50.2 Å². The zero-order valence-electron chi connectivity index (χ0n) is 16.3. The Bertz CT molecular complexity index is 975. The van der Waals surface area contributed by atoms with Gasteiger partial charge in [0.2, 0.25) is 5.91 Å². The van der Waals surface area contributed by atoms with Crippen LogP contribution in [0.3, 0.4) is 0 Å². The van der Waals surface area contributed by atoms with Crippen LogP contribution in [0, 0.1) is 5.82 Å². The van der Waals surface area contributed by atoms with E-state index in [1.165, 1.54) is 29.3 Å². The number of nitrogens with two attached hydrogens (primary N) is 1. The molecule has 3 heterocycles. The number of nitrogens with zero attached hydrogens (tertiary/aromatic N) is 3. The first-order valence-corrected chi connectivity index (χ1v) is 11.7. The Labute approximate surface area is 174 Å². The number of anilines is 1. The Morgan fingerprint density at radius 1 is 1.13 bits per heavy atom. The molecule has 0 bridgehead atoms. The molecule has 3 aliphatic rings. The van der Waals surface area contributed by atoms with Crippen molar-refractivity contribution >= 4 is 33.1 Å². The second-order valence-electron chi connectivity index (χ2n) is 7.96. The lowest BCUT2D eigenvalue weighted by atomic mass is 10.1. The summed E-state index contributed by atoms with van der Waals surface area (Å²) in [6.45, 7) is 1.63. The number of rotatable bonds is 5. The summed E-state index contributed by atoms with van der Waals surface area (Å²) in [5, 5.41) is 8.36. The van der Waals surface area contributed by atoms with Crippen LogP contribution >= 0.6 is 0 Å². The van der Waals surface area contributed by atoms with Gasteiger partial charge >= 0.3 is 0 Å². The molecule has 2 fully saturated rings. The lowest BCUT2D eigenvalue weighted by Gasteiger charge is -2.28. The number of hydrazone groups is 1. The Hall–Kier alpha value is -2.53. The lowest BCUT2D eigenvalue weighted by molar-refractivity contribution is -0.119. The summed E-state index contributed by atoms with van der Waals surface area (Å²) in [4.78, 5) is 26.9. The molecule has 0 saturated carbocycles. The fourth-order valence-corrected chi connectivity index (χ4v) is 6.30. The van der Waals surface area contributed by atoms with E-state index in [0.717, 1.165) is 25.9 Å². The van der Waals surface area contributed by atoms with Gasteiger partial charge in [-0.25, -0.2) is 12.8 Å². The van der Waals surface area contributed by atoms with Crippen LogP contribution in [0.25, 0.3) is 0 Å². The van der Waals surface area contributed by atoms with Crippen LogP contribution in [0.4, 0.5) is 10.1 Å². The number of primary amides is 1. The number of nitrogens with one attached hydrogen (secondary N) is 1. The Kier molecular flexibility index (Phi) is 5.49. The van der Waals surface area contributed by atoms with E-state index in [1.807, 2.05) is 0 Å². The van der Waals surface area contributed by atoms with Crippen molar-refractivity contribution in [2.24, 2.45) is 10.8 Å². The van der Waals surface area contributed by atoms with E-state index in [-0.39, 0.29) is 29.7 Å². The minimum atomic E-state index is -3.25. The fourth-order valence-electron chi connectivity index (χ4n) is 4.35. The van der Waals surface area contributed by atoms with Gasteiger partial charge < -0.3 is 11.1 Å². The lowest BCUT2D eigenvalue weighted by Crippen LogP contribution is -2.51. The van der Waals surface area contributed by atoms with E-state index >= 15 is 0 Å². The number of hydrogen-bond acceptors (Lipinski definition) is 7. The molecule has 3 unspecified atom stereocenters. The Morgan fingerprint density at radius 3 is 2.43 bits per heavy atom. The summed E-state index contributed by atoms with van der Waals surface area (Å²) in [7, 11) is -3.25. The van der Waals surface area contributed by atoms with Gasteiger partial charge in [-0.2, -0.15) is 5.10 Å². The number of halogens is 1. The van der Waals surface area contributed by atoms with E-state index in [1.54, 1.807) is 0 Å². The van der Waals surface area contributed by atoms with Crippen LogP contribution in [-0.4, -0.2) is 73.6 Å². The quantitative estimate of drug-likeness (QED) is 0.647. The zero-order chi connectivity index (χ0) is 21.5. The molecule has 0 radical (unpaired) electrons. The predicted molar refractivity (Wildman–Crippen MR) is 109 cm³/mol. The predicted octanol–water partition coefficient (Wildman–Crippen LogP) is -0.377. The van der Waals surface area contributed by atoms with Crippen LogP contribution in [0.2, 0.25) is 0 Å². The van der Waals surface area contributed by atoms with Gasteiger partial charge in [0.05, 0.1) is 23.2 Å². The molecule has 11 heteroatoms. The fraction of sp³-hybridized carbons (Fsp3) is 0.526. The molecule has 30 heavy (non-hydrogen) atoms. The first-order valence-electron chi connectivity index (χ1n) is 9.90. The maximum absolute atomic E-state index is 13.2. The minimum absolute atomic E-state index is 0.00755. The van der Waals surface area contributed by atoms with Gasteiger partial charge in [0.25, 0.3) is 5.91 Å². The van der Waals surface area contributed by atoms with Crippen molar-refractivity contribution in [1.82, 2.24) is 10.2 Å². The van der Waals surface area contributed by atoms with E-state index in [0.29, 0.717) is 5.69 Å². The van der Waals surface area contributed by atoms with Gasteiger partial charge in [0, 0.05) is 12.5 Å². The highest BCUT2D eigenvalue weighted by atomic mass is 32.2. The van der Waals surface area contributed by atoms with E-state index < -0.39 is 39.6 Å². The molecule has 0 spiro atoms. The smallest absolute Gasteiger partial charge is 0.267 e. The van der Waals surface area contributed by atoms with Crippen LogP contribution in [-0.2, 0) is 19.4 Å². The van der Waals surface area contributed by atoms with Crippen LogP contribution < -0.4 is 16.1 Å². The number of benzene rings is 1. The number of carbonyl (C=O) groups is 2. The first-order chi connectivity index (χ1) is 14.2. The van der Waals surface area contributed by atoms with E-state index in [2.05, 4.69) is 15.3 Å². The summed E-state index contributed by atoms with van der Waals surface area (Å²) in [5.74, 6) is -1.71. The third kappa shape index (κ3) is 4.17. The van der Waals surface area contributed by atoms with Crippen molar-refractivity contribution < 1.29 is 22.4 Å². The number of amides is 2. The third-order valence-corrected chi connectivity index (χ3v) is 7.56. The summed E-state index contributed by atoms with van der Waals surface area (Å²) in [6.07, 6.45) is 2.01. The van der Waals surface area contributed by atoms with E-state index in [4.69, 9.17) is 5.73 Å². The van der Waals surface area contributed by atoms with Crippen molar-refractivity contribution in [3.63, 3.8) is 0 Å². The number of hydrogen-bond donors (Lipinski definition) is 2. The molecule has 3 atom stereocenters. The second kappa shape index (κ2) is 7.95. The maximum atomic E-state index is 13.2. The normalized spacial score (nSPS) is 28.5. The highest BCUT2D eigenvalue weighted by molar-refractivity contribution is 7.91. The topological polar surface area (TPSA) is 125 Å². The number of sulfone groups is 1. The standard InChI is InChI=1S/C19H24FN5O4S/c20-12-3-5-13(6-4-12)25-16(18(21)26)9-14(23-25)19(27)22-15-10-30(28,29)11-17(15)24-7-1-2-8-24/h3-6,15-17H,1-2,7-11H2,(H2,21,26)(H,22,27). The molecule has 9 nitrogen and oxygen atoms in total. The van der Waals surface area contributed by atoms with Gasteiger partial charge in [0.1, 0.15) is 17.6 Å². The Morgan fingerprint density at radius 2 is 1.80 bits per heavy atom. The highest BCUT2D eigenvalue weighted by Gasteiger charge is 2.43. The molecule has 3 N–H and O–H groups in total. The monoisotopic (exact) mass is 437 g/mol. The molecule has 1 aromatic rings. The van der Waals surface area contributed by atoms with Crippen molar-refractivity contribution in [3.8, 4) is 0 Å². The molecule has 2 saturated heterocycles. The maximum Gasteiger partial charge on any atom is 0.267 e. The summed E-state index contributed by atoms with van der Waals surface area (Å²) in [6, 6.07) is 3.68. The molecule has 3 aliphatic heterocycles. The number of likely N-dealkylation sites (tertiary alicyclic amines) is 1. The molecule has 2 amide bonds. The molecule has 1 aromatic carbocycles. The molecular weight excluding hydrogens is 413 g/mol. The van der Waals surface area contributed by atoms with Crippen molar-refractivity contribution in [2.45, 2.75) is 37.4 Å². The third-order valence-electron chi connectivity index (χ3n) is 5.84. The molecule has 0 aromatic heterocycles. The summed E-state index contributed by atoms with van der Waals surface area (Å²) in [5.41, 5.74) is 6.00. The van der Waals surface area contributed by atoms with Crippen molar-refractivity contribution in [2.75, 3.05) is 29.6 Å². The summed E-state index contributed by atoms with van der Waals surface area (Å²) < 4.78 is 37.6. The van der Waals surface area contributed by atoms with Crippen molar-refractivity contribution in [3.05, 3.63) is 30.1 Å². The molecule has 162 valence electrons. The summed E-state index contributed by atoms with van der Waals surface area (Å²) >= 11 is 0. The zero-order valence-corrected chi connectivity index (χ0v) is 17.1. The molecule has 4 rings (SSSR count). The second-order valence-corrected chi connectivity index (χ2v) is 10.1. The number of carbonyl (C=O) groups excluding carboxylic acids is 2. The van der Waals surface area contributed by atoms with Gasteiger partial charge in [-0.1, -0.05) is 0 Å². The minimum Gasteiger partial charge on any atom is -0.368 e. The first kappa shape index (κ1) is 20.7. The Balaban J connectivity index is 1.52. The highest BCUT2D eigenvalue weighted by Crippen LogP contribution is 2.26. The van der Waals surface area contributed by atoms with Crippen LogP contribution in [0.15, 0.2) is 29.4 Å². The van der Waals surface area contributed by atoms with Crippen LogP contribution in [0.1, 0.15) is 19.3 Å². The van der Waals surface area contributed by atoms with Gasteiger partial charge in [0.15, 0.2) is 9.84 Å². The molecular formula is C19H24FN5O4S. The average molecular weight is 437 g/mol. The average Bonchev–Trinajstić information content (AvgIpc) is 3.40.